The molecule has 2 N–H and O–H groups in total. The molecule has 0 spiro atoms. The summed E-state index contributed by atoms with van der Waals surface area (Å²) < 4.78 is 6.21. The van der Waals surface area contributed by atoms with Gasteiger partial charge in [0.05, 0.1) is 6.61 Å². The average Bonchev–Trinajstić information content (AvgIpc) is 2.27. The van der Waals surface area contributed by atoms with E-state index in [4.69, 9.17) is 10.5 Å². The highest BCUT2D eigenvalue weighted by molar-refractivity contribution is 9.10. The van der Waals surface area contributed by atoms with E-state index in [1.54, 1.807) is 7.11 Å². The lowest BCUT2D eigenvalue weighted by Crippen LogP contribution is -2.32. The molecule has 0 saturated carbocycles. The normalized spacial score (nSPS) is 12.6. The Morgan fingerprint density at radius 1 is 1.44 bits per heavy atom. The predicted octanol–water partition coefficient (Wildman–Crippen LogP) is 2.38. The van der Waals surface area contributed by atoms with Crippen LogP contribution in [0.2, 0.25) is 0 Å². The van der Waals surface area contributed by atoms with Crippen molar-refractivity contribution >= 4 is 21.6 Å². The zero-order chi connectivity index (χ0) is 12.1. The van der Waals surface area contributed by atoms with Crippen LogP contribution in [0.25, 0.3) is 0 Å². The average molecular weight is 287 g/mol. The molecule has 1 atom stereocenters. The summed E-state index contributed by atoms with van der Waals surface area (Å²) in [7, 11) is 3.78. The van der Waals surface area contributed by atoms with Crippen molar-refractivity contribution in [2.24, 2.45) is 5.73 Å². The van der Waals surface area contributed by atoms with E-state index in [0.717, 1.165) is 15.7 Å². The van der Waals surface area contributed by atoms with Gasteiger partial charge >= 0.3 is 0 Å². The van der Waals surface area contributed by atoms with Crippen LogP contribution >= 0.6 is 15.9 Å². The van der Waals surface area contributed by atoms with Gasteiger partial charge in [-0.2, -0.15) is 0 Å². The van der Waals surface area contributed by atoms with Crippen molar-refractivity contribution in [2.45, 2.75) is 19.5 Å². The molecule has 0 radical (unpaired) electrons. The van der Waals surface area contributed by atoms with Gasteiger partial charge < -0.3 is 15.4 Å². The number of rotatable bonds is 5. The van der Waals surface area contributed by atoms with E-state index in [-0.39, 0.29) is 0 Å². The van der Waals surface area contributed by atoms with Crippen LogP contribution in [0.3, 0.4) is 0 Å². The lowest BCUT2D eigenvalue weighted by Gasteiger charge is -2.27. The quantitative estimate of drug-likeness (QED) is 0.903. The minimum absolute atomic E-state index is 0.338. The highest BCUT2D eigenvalue weighted by Gasteiger charge is 2.10. The summed E-state index contributed by atoms with van der Waals surface area (Å²) in [5, 5.41) is 0. The third-order valence-electron chi connectivity index (χ3n) is 2.65. The fourth-order valence-electron chi connectivity index (χ4n) is 1.56. The molecule has 0 saturated heterocycles. The summed E-state index contributed by atoms with van der Waals surface area (Å²) >= 11 is 3.50. The summed E-state index contributed by atoms with van der Waals surface area (Å²) in [5.41, 5.74) is 7.94. The third-order valence-corrected chi connectivity index (χ3v) is 3.11. The molecule has 4 heteroatoms. The smallest absolute Gasteiger partial charge is 0.0663 e. The Kier molecular flexibility index (Phi) is 5.25. The van der Waals surface area contributed by atoms with E-state index >= 15 is 0 Å². The maximum atomic E-state index is 5.66. The van der Waals surface area contributed by atoms with Crippen LogP contribution in [0.1, 0.15) is 12.5 Å². The number of ether oxygens (including phenoxy) is 1. The Hall–Kier alpha value is -0.580. The molecular formula is C12H19BrN2O. The van der Waals surface area contributed by atoms with Crippen molar-refractivity contribution in [3.8, 4) is 0 Å². The van der Waals surface area contributed by atoms with Crippen LogP contribution in [0.4, 0.5) is 5.69 Å². The molecule has 90 valence electrons. The fraction of sp³-hybridized carbons (Fsp3) is 0.500. The number of benzene rings is 1. The Labute approximate surface area is 106 Å². The van der Waals surface area contributed by atoms with Gasteiger partial charge in [0.2, 0.25) is 0 Å². The Balaban J connectivity index is 2.89. The van der Waals surface area contributed by atoms with E-state index in [0.29, 0.717) is 19.2 Å². The van der Waals surface area contributed by atoms with Gasteiger partial charge in [0, 0.05) is 36.9 Å². The van der Waals surface area contributed by atoms with E-state index in [1.165, 1.54) is 0 Å². The second-order valence-corrected chi connectivity index (χ2v) is 4.85. The minimum atomic E-state index is 0.338. The maximum absolute atomic E-state index is 5.66. The molecular weight excluding hydrogens is 268 g/mol. The lowest BCUT2D eigenvalue weighted by molar-refractivity contribution is 0.183. The number of nitrogens with two attached hydrogens (primary N) is 1. The van der Waals surface area contributed by atoms with Gasteiger partial charge in [-0.25, -0.2) is 0 Å². The number of anilines is 1. The number of hydrogen-bond acceptors (Lipinski definition) is 3. The summed E-state index contributed by atoms with van der Waals surface area (Å²) in [6.45, 7) is 3.40. The van der Waals surface area contributed by atoms with Gasteiger partial charge in [-0.05, 0) is 30.7 Å². The molecule has 16 heavy (non-hydrogen) atoms. The van der Waals surface area contributed by atoms with Gasteiger partial charge in [-0.1, -0.05) is 15.9 Å². The van der Waals surface area contributed by atoms with Crippen LogP contribution in [-0.4, -0.2) is 26.8 Å². The molecule has 0 aromatic heterocycles. The zero-order valence-corrected chi connectivity index (χ0v) is 11.6. The molecule has 3 nitrogen and oxygen atoms in total. The van der Waals surface area contributed by atoms with Gasteiger partial charge in [0.1, 0.15) is 0 Å². The minimum Gasteiger partial charge on any atom is -0.383 e. The molecule has 1 rings (SSSR count). The number of nitrogens with zero attached hydrogens (tertiary/aromatic N) is 1. The Morgan fingerprint density at radius 2 is 2.12 bits per heavy atom. The van der Waals surface area contributed by atoms with Crippen molar-refractivity contribution in [3.05, 3.63) is 28.2 Å². The summed E-state index contributed by atoms with van der Waals surface area (Å²) in [4.78, 5) is 2.19. The number of likely N-dealkylation sites (N-methyl/N-ethyl adjacent to an activating group) is 1. The lowest BCUT2D eigenvalue weighted by atomic mass is 10.1. The van der Waals surface area contributed by atoms with Crippen molar-refractivity contribution < 1.29 is 4.74 Å². The van der Waals surface area contributed by atoms with Crippen LogP contribution in [0, 0.1) is 0 Å². The number of halogens is 1. The molecule has 0 bridgehead atoms. The number of hydrogen-bond donors (Lipinski definition) is 1. The molecule has 1 aromatic rings. The largest absolute Gasteiger partial charge is 0.383 e. The van der Waals surface area contributed by atoms with E-state index in [9.17, 15) is 0 Å². The van der Waals surface area contributed by atoms with Crippen molar-refractivity contribution in [3.63, 3.8) is 0 Å². The fourth-order valence-corrected chi connectivity index (χ4v) is 2.09. The van der Waals surface area contributed by atoms with Crippen molar-refractivity contribution in [1.82, 2.24) is 0 Å². The molecule has 0 aliphatic rings. The Bertz CT molecular complexity index is 344. The van der Waals surface area contributed by atoms with Gasteiger partial charge in [-0.3, -0.25) is 0 Å². The SMILES string of the molecule is COCC(C)N(C)c1cc(Br)cc(CN)c1. The van der Waals surface area contributed by atoms with E-state index in [1.807, 2.05) is 6.07 Å². The van der Waals surface area contributed by atoms with Crippen LogP contribution in [0.15, 0.2) is 22.7 Å². The topological polar surface area (TPSA) is 38.5 Å². The van der Waals surface area contributed by atoms with Crippen LogP contribution < -0.4 is 10.6 Å². The first kappa shape index (κ1) is 13.5. The molecule has 0 amide bonds. The van der Waals surface area contributed by atoms with Crippen LogP contribution in [-0.2, 0) is 11.3 Å². The first-order chi connectivity index (χ1) is 7.58. The predicted molar refractivity (Wildman–Crippen MR) is 71.8 cm³/mol. The standard InChI is InChI=1S/C12H19BrN2O/c1-9(8-16-3)15(2)12-5-10(7-14)4-11(13)6-12/h4-6,9H,7-8,14H2,1-3H3. The summed E-state index contributed by atoms with van der Waals surface area (Å²) in [6.07, 6.45) is 0. The molecule has 1 aromatic carbocycles. The van der Waals surface area contributed by atoms with Gasteiger partial charge in [-0.15, -0.1) is 0 Å². The summed E-state index contributed by atoms with van der Waals surface area (Å²) in [5.74, 6) is 0. The zero-order valence-electron chi connectivity index (χ0n) is 10.0. The van der Waals surface area contributed by atoms with Gasteiger partial charge in [0.15, 0.2) is 0 Å². The molecule has 0 aliphatic carbocycles. The summed E-state index contributed by atoms with van der Waals surface area (Å²) in [6, 6.07) is 6.57. The second-order valence-electron chi connectivity index (χ2n) is 3.94. The van der Waals surface area contributed by atoms with Crippen molar-refractivity contribution in [1.29, 1.82) is 0 Å². The highest BCUT2D eigenvalue weighted by atomic mass is 79.9. The van der Waals surface area contributed by atoms with Crippen molar-refractivity contribution in [2.75, 3.05) is 25.7 Å². The first-order valence-corrected chi connectivity index (χ1v) is 6.09. The molecule has 0 heterocycles. The molecule has 1 unspecified atom stereocenters. The van der Waals surface area contributed by atoms with E-state index in [2.05, 4.69) is 46.9 Å². The molecule has 0 aliphatic heterocycles. The van der Waals surface area contributed by atoms with Crippen LogP contribution in [0.5, 0.6) is 0 Å². The second kappa shape index (κ2) is 6.23. The number of methoxy groups -OCH3 is 1. The monoisotopic (exact) mass is 286 g/mol. The Morgan fingerprint density at radius 3 is 2.69 bits per heavy atom. The highest BCUT2D eigenvalue weighted by Crippen LogP contribution is 2.23. The first-order valence-electron chi connectivity index (χ1n) is 5.29. The van der Waals surface area contributed by atoms with E-state index < -0.39 is 0 Å². The molecule has 0 fully saturated rings. The van der Waals surface area contributed by atoms with Gasteiger partial charge in [0.25, 0.3) is 0 Å². The third kappa shape index (κ3) is 3.47. The maximum Gasteiger partial charge on any atom is 0.0663 e.